The maximum atomic E-state index is 4.62. The molecule has 3 nitrogen and oxygen atoms in total. The SMILES string of the molecule is CN(C)CCSc1nc2ccccc2n1C. The lowest BCUT2D eigenvalue weighted by Crippen LogP contribution is -2.15. The Balaban J connectivity index is 2.15. The molecule has 0 atom stereocenters. The van der Waals surface area contributed by atoms with Gasteiger partial charge < -0.3 is 9.47 Å². The number of hydrogen-bond donors (Lipinski definition) is 0. The van der Waals surface area contributed by atoms with Crippen molar-refractivity contribution in [1.82, 2.24) is 14.5 Å². The molecular formula is C12H17N3S. The lowest BCUT2D eigenvalue weighted by Gasteiger charge is -2.08. The Morgan fingerprint density at radius 1 is 1.31 bits per heavy atom. The predicted octanol–water partition coefficient (Wildman–Crippen LogP) is 2.23. The number of imidazole rings is 1. The summed E-state index contributed by atoms with van der Waals surface area (Å²) < 4.78 is 2.16. The number of benzene rings is 1. The molecule has 4 heteroatoms. The van der Waals surface area contributed by atoms with Gasteiger partial charge in [0.05, 0.1) is 11.0 Å². The molecule has 1 aromatic heterocycles. The van der Waals surface area contributed by atoms with Gasteiger partial charge in [-0.1, -0.05) is 23.9 Å². The van der Waals surface area contributed by atoms with Gasteiger partial charge in [-0.3, -0.25) is 0 Å². The number of aromatic nitrogens is 2. The van der Waals surface area contributed by atoms with Crippen LogP contribution >= 0.6 is 11.8 Å². The van der Waals surface area contributed by atoms with Gasteiger partial charge in [0.2, 0.25) is 0 Å². The Hall–Kier alpha value is -1.00. The minimum Gasteiger partial charge on any atom is -0.322 e. The lowest BCUT2D eigenvalue weighted by molar-refractivity contribution is 0.437. The molecule has 1 aromatic carbocycles. The van der Waals surface area contributed by atoms with Gasteiger partial charge in [0, 0.05) is 19.3 Å². The van der Waals surface area contributed by atoms with Crippen molar-refractivity contribution in [3.63, 3.8) is 0 Å². The molecule has 0 unspecified atom stereocenters. The van der Waals surface area contributed by atoms with Crippen molar-refractivity contribution >= 4 is 22.8 Å². The Kier molecular flexibility index (Phi) is 3.51. The van der Waals surface area contributed by atoms with E-state index in [1.807, 2.05) is 17.8 Å². The summed E-state index contributed by atoms with van der Waals surface area (Å²) in [5.41, 5.74) is 2.28. The van der Waals surface area contributed by atoms with E-state index in [2.05, 4.69) is 53.8 Å². The number of aryl methyl sites for hydroxylation is 1. The molecule has 0 spiro atoms. The van der Waals surface area contributed by atoms with Gasteiger partial charge >= 0.3 is 0 Å². The first-order valence-electron chi connectivity index (χ1n) is 5.37. The normalized spacial score (nSPS) is 11.5. The van der Waals surface area contributed by atoms with Gasteiger partial charge in [0.15, 0.2) is 5.16 Å². The van der Waals surface area contributed by atoms with Gasteiger partial charge in [-0.25, -0.2) is 4.98 Å². The van der Waals surface area contributed by atoms with E-state index in [4.69, 9.17) is 0 Å². The van der Waals surface area contributed by atoms with Crippen molar-refractivity contribution in [1.29, 1.82) is 0 Å². The van der Waals surface area contributed by atoms with Crippen LogP contribution in [0, 0.1) is 0 Å². The van der Waals surface area contributed by atoms with Gasteiger partial charge in [0.1, 0.15) is 0 Å². The molecule has 16 heavy (non-hydrogen) atoms. The Morgan fingerprint density at radius 2 is 2.06 bits per heavy atom. The highest BCUT2D eigenvalue weighted by atomic mass is 32.2. The molecule has 0 bridgehead atoms. The molecule has 0 saturated carbocycles. The van der Waals surface area contributed by atoms with E-state index in [1.165, 1.54) is 5.52 Å². The zero-order valence-electron chi connectivity index (χ0n) is 9.97. The molecule has 1 heterocycles. The Bertz CT molecular complexity index is 476. The summed E-state index contributed by atoms with van der Waals surface area (Å²) in [7, 11) is 6.26. The molecule has 0 amide bonds. The average Bonchev–Trinajstić information content (AvgIpc) is 2.56. The molecule has 2 rings (SSSR count). The number of para-hydroxylation sites is 2. The molecule has 2 aromatic rings. The third-order valence-electron chi connectivity index (χ3n) is 2.52. The van der Waals surface area contributed by atoms with E-state index in [0.717, 1.165) is 23.0 Å². The van der Waals surface area contributed by atoms with Gasteiger partial charge in [0.25, 0.3) is 0 Å². The standard InChI is InChI=1S/C12H17N3S/c1-14(2)8-9-16-12-13-10-6-4-5-7-11(10)15(12)3/h4-7H,8-9H2,1-3H3. The number of rotatable bonds is 4. The smallest absolute Gasteiger partial charge is 0.168 e. The van der Waals surface area contributed by atoms with E-state index in [-0.39, 0.29) is 0 Å². The minimum absolute atomic E-state index is 1.07. The van der Waals surface area contributed by atoms with Gasteiger partial charge in [-0.05, 0) is 26.2 Å². The van der Waals surface area contributed by atoms with Crippen LogP contribution in [-0.4, -0.2) is 40.8 Å². The highest BCUT2D eigenvalue weighted by molar-refractivity contribution is 7.99. The van der Waals surface area contributed by atoms with E-state index in [1.54, 1.807) is 0 Å². The molecular weight excluding hydrogens is 218 g/mol. The number of fused-ring (bicyclic) bond motifs is 1. The van der Waals surface area contributed by atoms with Gasteiger partial charge in [-0.15, -0.1) is 0 Å². The van der Waals surface area contributed by atoms with Crippen molar-refractivity contribution in [2.24, 2.45) is 7.05 Å². The first-order chi connectivity index (χ1) is 7.68. The van der Waals surface area contributed by atoms with Crippen molar-refractivity contribution in [2.45, 2.75) is 5.16 Å². The highest BCUT2D eigenvalue weighted by Crippen LogP contribution is 2.22. The predicted molar refractivity (Wildman–Crippen MR) is 70.0 cm³/mol. The van der Waals surface area contributed by atoms with E-state index >= 15 is 0 Å². The first kappa shape index (κ1) is 11.5. The van der Waals surface area contributed by atoms with E-state index in [0.29, 0.717) is 0 Å². The third-order valence-corrected chi connectivity index (χ3v) is 3.53. The summed E-state index contributed by atoms with van der Waals surface area (Å²) in [5, 5.41) is 1.10. The van der Waals surface area contributed by atoms with Crippen LogP contribution in [-0.2, 0) is 7.05 Å². The summed E-state index contributed by atoms with van der Waals surface area (Å²) in [4.78, 5) is 6.81. The molecule has 0 N–H and O–H groups in total. The van der Waals surface area contributed by atoms with Crippen LogP contribution in [0.15, 0.2) is 29.4 Å². The lowest BCUT2D eigenvalue weighted by atomic mass is 10.3. The van der Waals surface area contributed by atoms with Crippen LogP contribution in [0.3, 0.4) is 0 Å². The van der Waals surface area contributed by atoms with Crippen LogP contribution in [0.1, 0.15) is 0 Å². The van der Waals surface area contributed by atoms with E-state index < -0.39 is 0 Å². The fourth-order valence-corrected chi connectivity index (χ4v) is 2.67. The molecule has 0 aliphatic carbocycles. The van der Waals surface area contributed by atoms with Crippen LogP contribution in [0.5, 0.6) is 0 Å². The molecule has 0 aliphatic heterocycles. The minimum atomic E-state index is 1.07. The van der Waals surface area contributed by atoms with Crippen LogP contribution in [0.4, 0.5) is 0 Å². The van der Waals surface area contributed by atoms with Crippen LogP contribution in [0.25, 0.3) is 11.0 Å². The maximum Gasteiger partial charge on any atom is 0.168 e. The Morgan fingerprint density at radius 3 is 2.75 bits per heavy atom. The summed E-state index contributed by atoms with van der Waals surface area (Å²) >= 11 is 1.81. The largest absolute Gasteiger partial charge is 0.322 e. The molecule has 86 valence electrons. The molecule has 0 aliphatic rings. The average molecular weight is 235 g/mol. The first-order valence-corrected chi connectivity index (χ1v) is 6.36. The van der Waals surface area contributed by atoms with Crippen molar-refractivity contribution in [3.05, 3.63) is 24.3 Å². The van der Waals surface area contributed by atoms with E-state index in [9.17, 15) is 0 Å². The highest BCUT2D eigenvalue weighted by Gasteiger charge is 2.06. The fourth-order valence-electron chi connectivity index (χ4n) is 1.57. The fraction of sp³-hybridized carbons (Fsp3) is 0.417. The van der Waals surface area contributed by atoms with Crippen LogP contribution < -0.4 is 0 Å². The number of hydrogen-bond acceptors (Lipinski definition) is 3. The number of thioether (sulfide) groups is 1. The summed E-state index contributed by atoms with van der Waals surface area (Å²) in [6, 6.07) is 8.26. The second-order valence-electron chi connectivity index (χ2n) is 4.09. The Labute approximate surface area is 100 Å². The monoisotopic (exact) mass is 235 g/mol. The van der Waals surface area contributed by atoms with Crippen LogP contribution in [0.2, 0.25) is 0 Å². The summed E-state index contributed by atoms with van der Waals surface area (Å²) in [6.45, 7) is 1.08. The van der Waals surface area contributed by atoms with Gasteiger partial charge in [-0.2, -0.15) is 0 Å². The molecule has 0 fully saturated rings. The third kappa shape index (κ3) is 2.39. The summed E-state index contributed by atoms with van der Waals surface area (Å²) in [6.07, 6.45) is 0. The zero-order valence-corrected chi connectivity index (χ0v) is 10.8. The number of nitrogens with zero attached hydrogens (tertiary/aromatic N) is 3. The second-order valence-corrected chi connectivity index (χ2v) is 5.16. The van der Waals surface area contributed by atoms with Crippen molar-refractivity contribution in [3.8, 4) is 0 Å². The molecule has 0 saturated heterocycles. The maximum absolute atomic E-state index is 4.62. The van der Waals surface area contributed by atoms with Crippen molar-refractivity contribution in [2.75, 3.05) is 26.4 Å². The summed E-state index contributed by atoms with van der Waals surface area (Å²) in [5.74, 6) is 1.07. The quantitative estimate of drug-likeness (QED) is 0.758. The second kappa shape index (κ2) is 4.89. The molecule has 0 radical (unpaired) electrons. The topological polar surface area (TPSA) is 21.1 Å². The van der Waals surface area contributed by atoms with Crippen molar-refractivity contribution < 1.29 is 0 Å². The zero-order chi connectivity index (χ0) is 11.5.